The number of ether oxygens (including phenoxy) is 1. The van der Waals surface area contributed by atoms with Crippen LogP contribution in [0.2, 0.25) is 0 Å². The highest BCUT2D eigenvalue weighted by Crippen LogP contribution is 2.24. The van der Waals surface area contributed by atoms with E-state index in [9.17, 15) is 14.7 Å². The summed E-state index contributed by atoms with van der Waals surface area (Å²) in [5, 5.41) is 13.9. The second-order valence-electron chi connectivity index (χ2n) is 4.27. The summed E-state index contributed by atoms with van der Waals surface area (Å²) in [6, 6.07) is 3.85. The molecule has 0 saturated carbocycles. The standard InChI is InChI=1S/C12H15NO4S2/c14-9(8-19-10-2-1-7-18-10)13-12(11(15)16)3-5-17-6-4-12/h1-2,7H,3-6,8H2,(H,13,14)(H,15,16). The van der Waals surface area contributed by atoms with Crippen LogP contribution in [0.15, 0.2) is 21.7 Å². The van der Waals surface area contributed by atoms with E-state index >= 15 is 0 Å². The molecule has 5 nitrogen and oxygen atoms in total. The molecule has 7 heteroatoms. The van der Waals surface area contributed by atoms with E-state index in [0.717, 1.165) is 4.21 Å². The molecule has 1 saturated heterocycles. The number of carbonyl (C=O) groups is 2. The highest BCUT2D eigenvalue weighted by atomic mass is 32.2. The van der Waals surface area contributed by atoms with Crippen molar-refractivity contribution in [1.29, 1.82) is 0 Å². The number of thiophene rings is 1. The Morgan fingerprint density at radius 2 is 2.21 bits per heavy atom. The Morgan fingerprint density at radius 3 is 2.79 bits per heavy atom. The van der Waals surface area contributed by atoms with Gasteiger partial charge in [0.25, 0.3) is 0 Å². The van der Waals surface area contributed by atoms with E-state index in [4.69, 9.17) is 4.74 Å². The fourth-order valence-electron chi connectivity index (χ4n) is 1.90. The van der Waals surface area contributed by atoms with Crippen LogP contribution in [-0.2, 0) is 14.3 Å². The number of thioether (sulfide) groups is 1. The van der Waals surface area contributed by atoms with Gasteiger partial charge in [-0.3, -0.25) is 4.79 Å². The van der Waals surface area contributed by atoms with Gasteiger partial charge in [0, 0.05) is 26.1 Å². The average molecular weight is 301 g/mol. The van der Waals surface area contributed by atoms with Gasteiger partial charge in [0.2, 0.25) is 5.91 Å². The summed E-state index contributed by atoms with van der Waals surface area (Å²) in [5.41, 5.74) is -1.16. The number of rotatable bonds is 5. The zero-order valence-corrected chi connectivity index (χ0v) is 11.9. The first kappa shape index (κ1) is 14.4. The molecule has 0 radical (unpaired) electrons. The lowest BCUT2D eigenvalue weighted by Crippen LogP contribution is -2.57. The molecule has 0 atom stereocenters. The van der Waals surface area contributed by atoms with Gasteiger partial charge in [0.05, 0.1) is 9.96 Å². The van der Waals surface area contributed by atoms with Crippen molar-refractivity contribution in [2.75, 3.05) is 19.0 Å². The summed E-state index contributed by atoms with van der Waals surface area (Å²) in [7, 11) is 0. The van der Waals surface area contributed by atoms with Crippen LogP contribution in [0.25, 0.3) is 0 Å². The predicted octanol–water partition coefficient (Wildman–Crippen LogP) is 1.59. The van der Waals surface area contributed by atoms with Crippen LogP contribution in [0.1, 0.15) is 12.8 Å². The maximum atomic E-state index is 11.9. The lowest BCUT2D eigenvalue weighted by atomic mass is 9.90. The van der Waals surface area contributed by atoms with Gasteiger partial charge in [0.15, 0.2) is 0 Å². The second-order valence-corrected chi connectivity index (χ2v) is 6.49. The van der Waals surface area contributed by atoms with Crippen molar-refractivity contribution >= 4 is 35.0 Å². The topological polar surface area (TPSA) is 75.6 Å². The Balaban J connectivity index is 1.90. The molecule has 0 spiro atoms. The number of hydrogen-bond acceptors (Lipinski definition) is 5. The third kappa shape index (κ3) is 3.71. The van der Waals surface area contributed by atoms with Crippen molar-refractivity contribution in [2.24, 2.45) is 0 Å². The van der Waals surface area contributed by atoms with E-state index in [1.165, 1.54) is 11.8 Å². The van der Waals surface area contributed by atoms with Gasteiger partial charge in [-0.05, 0) is 11.4 Å². The number of hydrogen-bond donors (Lipinski definition) is 2. The Bertz CT molecular complexity index is 441. The fraction of sp³-hybridized carbons (Fsp3) is 0.500. The van der Waals surface area contributed by atoms with E-state index in [-0.39, 0.29) is 11.7 Å². The number of carboxylic acids is 1. The maximum Gasteiger partial charge on any atom is 0.329 e. The maximum absolute atomic E-state index is 11.9. The van der Waals surface area contributed by atoms with Gasteiger partial charge in [-0.2, -0.15) is 0 Å². The molecule has 0 aliphatic carbocycles. The summed E-state index contributed by atoms with van der Waals surface area (Å²) in [5.74, 6) is -0.996. The number of amides is 1. The first-order valence-electron chi connectivity index (χ1n) is 5.91. The summed E-state index contributed by atoms with van der Waals surface area (Å²) in [6.07, 6.45) is 0.634. The smallest absolute Gasteiger partial charge is 0.329 e. The van der Waals surface area contributed by atoms with Gasteiger partial charge in [-0.15, -0.1) is 23.1 Å². The molecule has 1 fully saturated rings. The highest BCUT2D eigenvalue weighted by molar-refractivity contribution is 8.01. The Hall–Kier alpha value is -1.05. The summed E-state index contributed by atoms with van der Waals surface area (Å²) < 4.78 is 6.20. The lowest BCUT2D eigenvalue weighted by molar-refractivity contribution is -0.151. The largest absolute Gasteiger partial charge is 0.480 e. The SMILES string of the molecule is O=C(CSc1cccs1)NC1(C(=O)O)CCOCC1. The molecule has 2 N–H and O–H groups in total. The lowest BCUT2D eigenvalue weighted by Gasteiger charge is -2.33. The van der Waals surface area contributed by atoms with Crippen LogP contribution in [-0.4, -0.2) is 41.5 Å². The molecular formula is C12H15NO4S2. The van der Waals surface area contributed by atoms with Crippen LogP contribution in [0.5, 0.6) is 0 Å². The van der Waals surface area contributed by atoms with Crippen molar-refractivity contribution < 1.29 is 19.4 Å². The Kier molecular flexibility index (Phi) is 4.84. The number of carbonyl (C=O) groups excluding carboxylic acids is 1. The van der Waals surface area contributed by atoms with Crippen molar-refractivity contribution in [3.05, 3.63) is 17.5 Å². The molecule has 104 valence electrons. The molecule has 1 aromatic heterocycles. The van der Waals surface area contributed by atoms with Crippen molar-refractivity contribution in [3.63, 3.8) is 0 Å². The number of aliphatic carboxylic acids is 1. The predicted molar refractivity (Wildman–Crippen MR) is 73.6 cm³/mol. The number of carboxylic acid groups (broad SMARTS) is 1. The van der Waals surface area contributed by atoms with Crippen LogP contribution in [0.4, 0.5) is 0 Å². The van der Waals surface area contributed by atoms with Crippen LogP contribution >= 0.6 is 23.1 Å². The van der Waals surface area contributed by atoms with E-state index < -0.39 is 11.5 Å². The first-order valence-corrected chi connectivity index (χ1v) is 7.77. The minimum absolute atomic E-state index is 0.233. The van der Waals surface area contributed by atoms with Gasteiger partial charge >= 0.3 is 5.97 Å². The highest BCUT2D eigenvalue weighted by Gasteiger charge is 2.41. The summed E-state index contributed by atoms with van der Waals surface area (Å²) in [4.78, 5) is 23.3. The van der Waals surface area contributed by atoms with Crippen LogP contribution < -0.4 is 5.32 Å². The van der Waals surface area contributed by atoms with E-state index in [1.54, 1.807) is 11.3 Å². The monoisotopic (exact) mass is 301 g/mol. The van der Waals surface area contributed by atoms with E-state index in [0.29, 0.717) is 26.1 Å². The Morgan fingerprint density at radius 1 is 1.47 bits per heavy atom. The zero-order chi connectivity index (χ0) is 13.7. The Labute approximate surface area is 119 Å². The molecule has 2 rings (SSSR count). The van der Waals surface area contributed by atoms with Gasteiger partial charge in [0.1, 0.15) is 5.54 Å². The molecule has 0 unspecified atom stereocenters. The van der Waals surface area contributed by atoms with Crippen molar-refractivity contribution in [3.8, 4) is 0 Å². The quantitative estimate of drug-likeness (QED) is 0.808. The molecule has 19 heavy (non-hydrogen) atoms. The van der Waals surface area contributed by atoms with Gasteiger partial charge in [-0.1, -0.05) is 6.07 Å². The number of nitrogens with one attached hydrogen (secondary N) is 1. The van der Waals surface area contributed by atoms with Gasteiger partial charge in [-0.25, -0.2) is 4.79 Å². The molecule has 1 aliphatic heterocycles. The minimum atomic E-state index is -1.16. The van der Waals surface area contributed by atoms with E-state index in [1.807, 2.05) is 17.5 Å². The second kappa shape index (κ2) is 6.40. The molecular weight excluding hydrogens is 286 g/mol. The van der Waals surface area contributed by atoms with Crippen LogP contribution in [0, 0.1) is 0 Å². The minimum Gasteiger partial charge on any atom is -0.480 e. The summed E-state index contributed by atoms with van der Waals surface area (Å²) >= 11 is 2.98. The molecule has 1 aromatic rings. The molecule has 1 amide bonds. The molecule has 1 aliphatic rings. The van der Waals surface area contributed by atoms with E-state index in [2.05, 4.69) is 5.32 Å². The molecule has 2 heterocycles. The molecule has 0 aromatic carbocycles. The first-order chi connectivity index (χ1) is 9.12. The van der Waals surface area contributed by atoms with Crippen molar-refractivity contribution in [1.82, 2.24) is 5.32 Å². The summed E-state index contributed by atoms with van der Waals surface area (Å²) in [6.45, 7) is 0.731. The molecule has 0 bridgehead atoms. The normalized spacial score (nSPS) is 17.9. The average Bonchev–Trinajstić information content (AvgIpc) is 2.90. The third-order valence-electron chi connectivity index (χ3n) is 2.98. The fourth-order valence-corrected chi connectivity index (χ4v) is 3.48. The van der Waals surface area contributed by atoms with Crippen molar-refractivity contribution in [2.45, 2.75) is 22.6 Å². The third-order valence-corrected chi connectivity index (χ3v) is 5.11. The van der Waals surface area contributed by atoms with Gasteiger partial charge < -0.3 is 15.2 Å². The zero-order valence-electron chi connectivity index (χ0n) is 10.3. The van der Waals surface area contributed by atoms with Crippen LogP contribution in [0.3, 0.4) is 0 Å².